The number of carbonyl (C=O) groups is 1. The minimum absolute atomic E-state index is 0.136. The Hall–Kier alpha value is -2.19. The van der Waals surface area contributed by atoms with Gasteiger partial charge in [0.05, 0.1) is 4.90 Å². The first-order valence-corrected chi connectivity index (χ1v) is 8.66. The van der Waals surface area contributed by atoms with Gasteiger partial charge in [-0.15, -0.1) is 0 Å². The normalized spacial score (nSPS) is 12.6. The monoisotopic (exact) mass is 331 g/mol. The fourth-order valence-corrected chi connectivity index (χ4v) is 3.20. The van der Waals surface area contributed by atoms with E-state index in [-0.39, 0.29) is 16.7 Å². The van der Waals surface area contributed by atoms with Crippen molar-refractivity contribution >= 4 is 23.8 Å². The summed E-state index contributed by atoms with van der Waals surface area (Å²) in [5.41, 5.74) is 1.34. The van der Waals surface area contributed by atoms with Crippen molar-refractivity contribution in [1.29, 1.82) is 0 Å². The SMILES string of the molecule is BC(C)NS(=O)(=O)c1ccc(C(=O)NCc2ccncc2)cc1. The van der Waals surface area contributed by atoms with Crippen molar-refractivity contribution in [3.05, 3.63) is 59.9 Å². The standard InChI is InChI=1S/C15H18BN3O3S/c1-11(16)19-23(21,22)14-4-2-13(3-5-14)15(20)18-10-12-6-8-17-9-7-12/h2-9,11,19H,10,16H2,1H3,(H,18,20). The Morgan fingerprint density at radius 2 is 1.78 bits per heavy atom. The Bertz CT molecular complexity index is 762. The molecule has 0 bridgehead atoms. The molecule has 120 valence electrons. The van der Waals surface area contributed by atoms with Crippen LogP contribution < -0.4 is 10.0 Å². The summed E-state index contributed by atoms with van der Waals surface area (Å²) in [4.78, 5) is 16.1. The van der Waals surface area contributed by atoms with Crippen LogP contribution in [0.3, 0.4) is 0 Å². The molecule has 0 aliphatic heterocycles. The van der Waals surface area contributed by atoms with Crippen molar-refractivity contribution in [3.8, 4) is 0 Å². The Morgan fingerprint density at radius 3 is 2.35 bits per heavy atom. The van der Waals surface area contributed by atoms with E-state index in [4.69, 9.17) is 0 Å². The fourth-order valence-electron chi connectivity index (χ4n) is 1.95. The first-order chi connectivity index (χ1) is 10.9. The number of benzene rings is 1. The molecule has 0 spiro atoms. The number of hydrogen-bond acceptors (Lipinski definition) is 4. The van der Waals surface area contributed by atoms with E-state index in [1.54, 1.807) is 27.2 Å². The predicted octanol–water partition coefficient (Wildman–Crippen LogP) is 0.269. The molecule has 8 heteroatoms. The zero-order chi connectivity index (χ0) is 16.9. The van der Waals surface area contributed by atoms with Crippen LogP contribution in [0.25, 0.3) is 0 Å². The number of amides is 1. The van der Waals surface area contributed by atoms with Crippen molar-refractivity contribution < 1.29 is 13.2 Å². The first kappa shape index (κ1) is 17.2. The van der Waals surface area contributed by atoms with Crippen LogP contribution >= 0.6 is 0 Å². The highest BCUT2D eigenvalue weighted by atomic mass is 32.2. The molecule has 6 nitrogen and oxygen atoms in total. The number of aromatic nitrogens is 1. The van der Waals surface area contributed by atoms with Crippen LogP contribution in [0.4, 0.5) is 0 Å². The van der Waals surface area contributed by atoms with E-state index in [0.717, 1.165) is 5.56 Å². The lowest BCUT2D eigenvalue weighted by Gasteiger charge is -2.10. The second-order valence-electron chi connectivity index (χ2n) is 5.34. The molecule has 2 N–H and O–H groups in total. The van der Waals surface area contributed by atoms with Crippen molar-refractivity contribution in [2.45, 2.75) is 24.3 Å². The van der Waals surface area contributed by atoms with Gasteiger partial charge in [0, 0.05) is 24.5 Å². The van der Waals surface area contributed by atoms with E-state index in [0.29, 0.717) is 12.1 Å². The smallest absolute Gasteiger partial charge is 0.251 e. The second-order valence-corrected chi connectivity index (χ2v) is 7.05. The first-order valence-electron chi connectivity index (χ1n) is 7.18. The molecule has 1 amide bonds. The van der Waals surface area contributed by atoms with E-state index in [2.05, 4.69) is 15.0 Å². The van der Waals surface area contributed by atoms with Crippen molar-refractivity contribution in [2.24, 2.45) is 0 Å². The quantitative estimate of drug-likeness (QED) is 0.744. The predicted molar refractivity (Wildman–Crippen MR) is 90.2 cm³/mol. The van der Waals surface area contributed by atoms with Crippen molar-refractivity contribution in [1.82, 2.24) is 15.0 Å². The van der Waals surface area contributed by atoms with E-state index in [1.165, 1.54) is 24.3 Å². The summed E-state index contributed by atoms with van der Waals surface area (Å²) in [6.45, 7) is 2.13. The zero-order valence-corrected chi connectivity index (χ0v) is 13.8. The van der Waals surface area contributed by atoms with E-state index < -0.39 is 10.0 Å². The third-order valence-electron chi connectivity index (χ3n) is 3.02. The summed E-state index contributed by atoms with van der Waals surface area (Å²) in [6, 6.07) is 9.47. The maximum Gasteiger partial charge on any atom is 0.251 e. The highest BCUT2D eigenvalue weighted by molar-refractivity contribution is 7.89. The minimum Gasteiger partial charge on any atom is -0.348 e. The minimum atomic E-state index is -3.55. The Kier molecular flexibility index (Phi) is 5.52. The van der Waals surface area contributed by atoms with Gasteiger partial charge in [-0.05, 0) is 47.9 Å². The third kappa shape index (κ3) is 4.90. The van der Waals surface area contributed by atoms with Gasteiger partial charge in [0.2, 0.25) is 10.0 Å². The van der Waals surface area contributed by atoms with Crippen LogP contribution in [0.5, 0.6) is 0 Å². The van der Waals surface area contributed by atoms with Gasteiger partial charge >= 0.3 is 0 Å². The van der Waals surface area contributed by atoms with Gasteiger partial charge in [0.1, 0.15) is 7.85 Å². The second kappa shape index (κ2) is 7.39. The molecule has 0 aliphatic carbocycles. The number of pyridine rings is 1. The van der Waals surface area contributed by atoms with E-state index in [1.807, 2.05) is 12.1 Å². The molecule has 0 saturated heterocycles. The number of nitrogens with zero attached hydrogens (tertiary/aromatic N) is 1. The molecule has 23 heavy (non-hydrogen) atoms. The Morgan fingerprint density at radius 1 is 1.17 bits per heavy atom. The average Bonchev–Trinajstić information content (AvgIpc) is 2.52. The lowest BCUT2D eigenvalue weighted by Crippen LogP contribution is -2.32. The topological polar surface area (TPSA) is 88.2 Å². The average molecular weight is 331 g/mol. The van der Waals surface area contributed by atoms with Crippen molar-refractivity contribution in [3.63, 3.8) is 0 Å². The molecule has 2 aromatic rings. The van der Waals surface area contributed by atoms with Gasteiger partial charge in [0.25, 0.3) is 5.91 Å². The molecule has 2 rings (SSSR count). The Balaban J connectivity index is 2.03. The van der Waals surface area contributed by atoms with Gasteiger partial charge < -0.3 is 5.32 Å². The van der Waals surface area contributed by atoms with Crippen LogP contribution in [-0.4, -0.2) is 33.1 Å². The van der Waals surface area contributed by atoms with E-state index >= 15 is 0 Å². The highest BCUT2D eigenvalue weighted by Gasteiger charge is 2.15. The zero-order valence-electron chi connectivity index (χ0n) is 13.0. The highest BCUT2D eigenvalue weighted by Crippen LogP contribution is 2.11. The van der Waals surface area contributed by atoms with Crippen LogP contribution in [-0.2, 0) is 16.6 Å². The van der Waals surface area contributed by atoms with Crippen LogP contribution in [0, 0.1) is 0 Å². The largest absolute Gasteiger partial charge is 0.348 e. The van der Waals surface area contributed by atoms with Crippen LogP contribution in [0.2, 0.25) is 0 Å². The summed E-state index contributed by atoms with van der Waals surface area (Å²) in [7, 11) is -1.80. The lowest BCUT2D eigenvalue weighted by atomic mass is 10.0. The summed E-state index contributed by atoms with van der Waals surface area (Å²) in [6.07, 6.45) is 3.31. The number of sulfonamides is 1. The summed E-state index contributed by atoms with van der Waals surface area (Å²) < 4.78 is 26.5. The molecule has 1 aromatic carbocycles. The van der Waals surface area contributed by atoms with Gasteiger partial charge in [-0.3, -0.25) is 9.78 Å². The van der Waals surface area contributed by atoms with Gasteiger partial charge in [0.15, 0.2) is 0 Å². The lowest BCUT2D eigenvalue weighted by molar-refractivity contribution is 0.0951. The molecular weight excluding hydrogens is 313 g/mol. The summed E-state index contributed by atoms with van der Waals surface area (Å²) in [5, 5.41) is 2.77. The third-order valence-corrected chi connectivity index (χ3v) is 4.69. The van der Waals surface area contributed by atoms with Crippen LogP contribution in [0.15, 0.2) is 53.7 Å². The molecule has 1 aromatic heterocycles. The van der Waals surface area contributed by atoms with Gasteiger partial charge in [-0.1, -0.05) is 6.92 Å². The van der Waals surface area contributed by atoms with Crippen LogP contribution in [0.1, 0.15) is 22.8 Å². The van der Waals surface area contributed by atoms with Gasteiger partial charge in [-0.25, -0.2) is 13.1 Å². The molecule has 0 fully saturated rings. The number of carbonyl (C=O) groups excluding carboxylic acids is 1. The fraction of sp³-hybridized carbons (Fsp3) is 0.200. The molecular formula is C15H18BN3O3S. The molecule has 1 heterocycles. The van der Waals surface area contributed by atoms with Crippen molar-refractivity contribution in [2.75, 3.05) is 0 Å². The Labute approximate surface area is 136 Å². The number of hydrogen-bond donors (Lipinski definition) is 2. The molecule has 0 aliphatic rings. The number of nitrogens with one attached hydrogen (secondary N) is 2. The summed E-state index contributed by atoms with van der Waals surface area (Å²) in [5.74, 6) is -0.453. The van der Waals surface area contributed by atoms with E-state index in [9.17, 15) is 13.2 Å². The molecule has 0 radical (unpaired) electrons. The maximum absolute atomic E-state index is 12.1. The maximum atomic E-state index is 12.1. The summed E-state index contributed by atoms with van der Waals surface area (Å²) >= 11 is 0. The molecule has 1 unspecified atom stereocenters. The van der Waals surface area contributed by atoms with Gasteiger partial charge in [-0.2, -0.15) is 0 Å². The number of rotatable bonds is 6. The molecule has 1 atom stereocenters. The molecule has 0 saturated carbocycles.